The molecule has 0 aliphatic rings. The summed E-state index contributed by atoms with van der Waals surface area (Å²) in [7, 11) is 0. The predicted octanol–water partition coefficient (Wildman–Crippen LogP) is 6.05. The smallest absolute Gasteiger partial charge is 0.196 e. The second kappa shape index (κ2) is 8.43. The van der Waals surface area contributed by atoms with E-state index >= 15 is 0 Å². The molecule has 8 nitrogen and oxygen atoms in total. The molecule has 0 fully saturated rings. The van der Waals surface area contributed by atoms with Crippen LogP contribution in [0, 0.1) is 0 Å². The Morgan fingerprint density at radius 1 is 1.03 bits per heavy atom. The van der Waals surface area contributed by atoms with Crippen molar-refractivity contribution in [1.82, 2.24) is 15.0 Å². The molecule has 0 saturated carbocycles. The van der Waals surface area contributed by atoms with Gasteiger partial charge in [-0.25, -0.2) is 9.97 Å². The molecule has 2 aromatic carbocycles. The van der Waals surface area contributed by atoms with Gasteiger partial charge in [-0.1, -0.05) is 29.8 Å². The predicted molar refractivity (Wildman–Crippen MR) is 132 cm³/mol. The molecule has 0 atom stereocenters. The number of hydrogen-bond donors (Lipinski definition) is 3. The van der Waals surface area contributed by atoms with Crippen LogP contribution in [-0.4, -0.2) is 25.8 Å². The molecule has 0 spiro atoms. The number of nitrogens with one attached hydrogen (secondary N) is 2. The largest absolute Gasteiger partial charge is 0.457 e. The van der Waals surface area contributed by atoms with E-state index in [1.165, 1.54) is 6.33 Å². The second-order valence-corrected chi connectivity index (χ2v) is 8.28. The normalized spacial score (nSPS) is 11.4. The lowest BCUT2D eigenvalue weighted by Crippen LogP contribution is -2.04. The summed E-state index contributed by atoms with van der Waals surface area (Å²) >= 11 is 6.49. The van der Waals surface area contributed by atoms with Gasteiger partial charge in [0.1, 0.15) is 34.9 Å². The van der Waals surface area contributed by atoms with Crippen molar-refractivity contribution in [2.45, 2.75) is 6.61 Å². The third-order valence-corrected chi connectivity index (χ3v) is 6.00. The minimum absolute atomic E-state index is 0.104. The topological polar surface area (TPSA) is 113 Å². The molecule has 4 aromatic heterocycles. The monoisotopic (exact) mass is 484 g/mol. The van der Waals surface area contributed by atoms with Gasteiger partial charge < -0.3 is 24.6 Å². The van der Waals surface area contributed by atoms with Gasteiger partial charge in [-0.15, -0.1) is 0 Å². The zero-order chi connectivity index (χ0) is 23.9. The van der Waals surface area contributed by atoms with Crippen LogP contribution >= 0.6 is 11.6 Å². The Hall–Kier alpha value is -4.40. The van der Waals surface area contributed by atoms with Crippen LogP contribution in [0.3, 0.4) is 0 Å². The van der Waals surface area contributed by atoms with E-state index in [0.29, 0.717) is 61.9 Å². The standard InChI is InChI=1S/C26H17ClN4O4/c27-19-9-16(34-15-4-2-1-3-5-15)6-7-17(19)24(33)18-11-28-25-23(18)26(30-13-29-25)31-20-10-21-14(12-32)8-22(20)35-21/h1-11,13,32H,12H2,(H2,28,29,30,31). The van der Waals surface area contributed by atoms with E-state index in [1.54, 1.807) is 36.5 Å². The van der Waals surface area contributed by atoms with Gasteiger partial charge in [-0.05, 0) is 30.3 Å². The van der Waals surface area contributed by atoms with Gasteiger partial charge in [-0.3, -0.25) is 4.79 Å². The highest BCUT2D eigenvalue weighted by Gasteiger charge is 2.22. The summed E-state index contributed by atoms with van der Waals surface area (Å²) in [4.78, 5) is 25.1. The first kappa shape index (κ1) is 21.2. The molecule has 0 aliphatic heterocycles. The number of hydrogen-bond acceptors (Lipinski definition) is 7. The van der Waals surface area contributed by atoms with Crippen LogP contribution in [0.5, 0.6) is 11.5 Å². The van der Waals surface area contributed by atoms with Crippen molar-refractivity contribution in [3.8, 4) is 11.5 Å². The first-order chi connectivity index (χ1) is 17.1. The number of anilines is 2. The quantitative estimate of drug-likeness (QED) is 0.236. The van der Waals surface area contributed by atoms with Gasteiger partial charge >= 0.3 is 0 Å². The van der Waals surface area contributed by atoms with Crippen LogP contribution in [0.4, 0.5) is 11.5 Å². The van der Waals surface area contributed by atoms with Crippen molar-refractivity contribution in [2.75, 3.05) is 5.32 Å². The van der Waals surface area contributed by atoms with Gasteiger partial charge in [0.15, 0.2) is 11.4 Å². The molecule has 0 amide bonds. The maximum atomic E-state index is 13.5. The molecule has 6 aromatic rings. The van der Waals surface area contributed by atoms with E-state index in [-0.39, 0.29) is 17.4 Å². The fourth-order valence-corrected chi connectivity index (χ4v) is 4.25. The Bertz CT molecular complexity index is 1680. The maximum absolute atomic E-state index is 13.5. The average molecular weight is 485 g/mol. The summed E-state index contributed by atoms with van der Waals surface area (Å²) < 4.78 is 11.5. The molecule has 0 unspecified atom stereocenters. The summed E-state index contributed by atoms with van der Waals surface area (Å²) in [6.07, 6.45) is 2.99. The number of ketones is 1. The number of aliphatic hydroxyl groups excluding tert-OH is 1. The number of aromatic nitrogens is 3. The third-order valence-electron chi connectivity index (χ3n) is 5.68. The molecule has 0 saturated heterocycles. The lowest BCUT2D eigenvalue weighted by atomic mass is 10.0. The molecule has 6 rings (SSSR count). The van der Waals surface area contributed by atoms with E-state index in [1.807, 2.05) is 30.3 Å². The van der Waals surface area contributed by atoms with E-state index in [9.17, 15) is 9.90 Å². The van der Waals surface area contributed by atoms with Crippen LogP contribution in [0.1, 0.15) is 21.5 Å². The minimum atomic E-state index is -0.284. The number of rotatable bonds is 7. The van der Waals surface area contributed by atoms with Crippen LogP contribution in [-0.2, 0) is 6.61 Å². The number of halogens is 1. The summed E-state index contributed by atoms with van der Waals surface area (Å²) in [5.74, 6) is 1.35. The van der Waals surface area contributed by atoms with E-state index in [0.717, 1.165) is 0 Å². The molecule has 9 heteroatoms. The number of carbonyl (C=O) groups excluding carboxylic acids is 1. The fraction of sp³-hybridized carbons (Fsp3) is 0.0385. The van der Waals surface area contributed by atoms with Crippen molar-refractivity contribution in [3.63, 3.8) is 0 Å². The number of fused-ring (bicyclic) bond motifs is 3. The number of para-hydroxylation sites is 1. The SMILES string of the molecule is O=C(c1ccc(Oc2ccccc2)cc1Cl)c1c[nH]c2ncnc(Nc3cc4oc3cc4CO)c12. The number of benzene rings is 3. The molecule has 2 bridgehead atoms. The van der Waals surface area contributed by atoms with Crippen LogP contribution < -0.4 is 10.1 Å². The summed E-state index contributed by atoms with van der Waals surface area (Å²) in [6, 6.07) is 17.8. The van der Waals surface area contributed by atoms with Crippen molar-refractivity contribution < 1.29 is 19.1 Å². The summed E-state index contributed by atoms with van der Waals surface area (Å²) in [6.45, 7) is -0.104. The third kappa shape index (κ3) is 3.74. The number of H-pyrrole nitrogens is 1. The van der Waals surface area contributed by atoms with Crippen molar-refractivity contribution in [3.05, 3.63) is 94.9 Å². The molecule has 35 heavy (non-hydrogen) atoms. The Morgan fingerprint density at radius 3 is 2.63 bits per heavy atom. The fourth-order valence-electron chi connectivity index (χ4n) is 4.00. The second-order valence-electron chi connectivity index (χ2n) is 7.88. The average Bonchev–Trinajstić information content (AvgIpc) is 3.59. The van der Waals surface area contributed by atoms with Crippen molar-refractivity contribution >= 4 is 51.1 Å². The van der Waals surface area contributed by atoms with Crippen LogP contribution in [0.2, 0.25) is 5.02 Å². The van der Waals surface area contributed by atoms with Crippen molar-refractivity contribution in [1.29, 1.82) is 0 Å². The lowest BCUT2D eigenvalue weighted by molar-refractivity contribution is 0.104. The number of furan rings is 2. The molecule has 4 heterocycles. The zero-order valence-electron chi connectivity index (χ0n) is 18.1. The Labute approximate surface area is 203 Å². The molecule has 0 aliphatic carbocycles. The van der Waals surface area contributed by atoms with Crippen LogP contribution in [0.25, 0.3) is 22.2 Å². The Morgan fingerprint density at radius 2 is 1.89 bits per heavy atom. The molecule has 172 valence electrons. The highest BCUT2D eigenvalue weighted by Crippen LogP contribution is 2.36. The van der Waals surface area contributed by atoms with Gasteiger partial charge in [0.2, 0.25) is 0 Å². The Balaban J connectivity index is 1.33. The first-order valence-corrected chi connectivity index (χ1v) is 11.1. The van der Waals surface area contributed by atoms with Gasteiger partial charge in [-0.2, -0.15) is 0 Å². The van der Waals surface area contributed by atoms with Crippen LogP contribution in [0.15, 0.2) is 77.6 Å². The summed E-state index contributed by atoms with van der Waals surface area (Å²) in [5, 5.41) is 13.4. The number of nitrogens with zero attached hydrogens (tertiary/aromatic N) is 2. The van der Waals surface area contributed by atoms with E-state index in [4.69, 9.17) is 20.8 Å². The Kier molecular flexibility index (Phi) is 5.09. The molecular formula is C26H17ClN4O4. The lowest BCUT2D eigenvalue weighted by Gasteiger charge is -2.09. The summed E-state index contributed by atoms with van der Waals surface area (Å²) in [5.41, 5.74) is 3.75. The van der Waals surface area contributed by atoms with E-state index < -0.39 is 0 Å². The highest BCUT2D eigenvalue weighted by atomic mass is 35.5. The maximum Gasteiger partial charge on any atom is 0.196 e. The van der Waals surface area contributed by atoms with E-state index in [2.05, 4.69) is 20.3 Å². The zero-order valence-corrected chi connectivity index (χ0v) is 18.8. The van der Waals surface area contributed by atoms with Gasteiger partial charge in [0.25, 0.3) is 0 Å². The number of aliphatic hydroxyl groups is 1. The number of carbonyl (C=O) groups is 1. The number of aromatic amines is 1. The highest BCUT2D eigenvalue weighted by molar-refractivity contribution is 6.35. The van der Waals surface area contributed by atoms with Gasteiger partial charge in [0.05, 0.1) is 28.3 Å². The molecule has 0 radical (unpaired) electrons. The number of ether oxygens (including phenoxy) is 1. The molecule has 3 N–H and O–H groups in total. The first-order valence-electron chi connectivity index (χ1n) is 10.7. The van der Waals surface area contributed by atoms with Gasteiger partial charge in [0, 0.05) is 29.5 Å². The molecular weight excluding hydrogens is 468 g/mol. The minimum Gasteiger partial charge on any atom is -0.457 e. The van der Waals surface area contributed by atoms with Crippen molar-refractivity contribution in [2.24, 2.45) is 0 Å².